The monoisotopic (exact) mass is 231 g/mol. The first-order valence-electron chi connectivity index (χ1n) is 6.24. The van der Waals surface area contributed by atoms with Gasteiger partial charge in [-0.15, -0.1) is 0 Å². The molecule has 0 spiro atoms. The highest BCUT2D eigenvalue weighted by atomic mass is 32.1. The van der Waals surface area contributed by atoms with E-state index in [-0.39, 0.29) is 0 Å². The average Bonchev–Trinajstić information content (AvgIpc) is 2.66. The molecule has 2 atom stereocenters. The highest BCUT2D eigenvalue weighted by molar-refractivity contribution is 7.80. The van der Waals surface area contributed by atoms with Gasteiger partial charge in [0.1, 0.15) is 0 Å². The summed E-state index contributed by atoms with van der Waals surface area (Å²) in [5.74, 6) is 2.50. The van der Waals surface area contributed by atoms with Gasteiger partial charge in [-0.3, -0.25) is 0 Å². The maximum Gasteiger partial charge on any atom is 0.0434 e. The molecule has 15 heavy (non-hydrogen) atoms. The molecule has 3 heteroatoms. The van der Waals surface area contributed by atoms with Gasteiger partial charge in [0.2, 0.25) is 0 Å². The van der Waals surface area contributed by atoms with Crippen LogP contribution in [-0.2, 0) is 0 Å². The number of aliphatic hydroxyl groups excluding tert-OH is 1. The Kier molecular flexibility index (Phi) is 6.69. The topological polar surface area (TPSA) is 23.5 Å². The number of hydrogen-bond donors (Lipinski definition) is 2. The Balaban J connectivity index is 2.21. The van der Waals surface area contributed by atoms with Crippen molar-refractivity contribution in [1.29, 1.82) is 0 Å². The molecule has 0 saturated carbocycles. The van der Waals surface area contributed by atoms with E-state index >= 15 is 0 Å². The minimum absolute atomic E-state index is 0.351. The third-order valence-corrected chi connectivity index (χ3v) is 3.90. The lowest BCUT2D eigenvalue weighted by Crippen LogP contribution is -2.28. The number of thiol groups is 1. The molecule has 0 aliphatic carbocycles. The zero-order chi connectivity index (χ0) is 11.1. The fourth-order valence-electron chi connectivity index (χ4n) is 2.51. The van der Waals surface area contributed by atoms with E-state index < -0.39 is 0 Å². The molecular weight excluding hydrogens is 206 g/mol. The van der Waals surface area contributed by atoms with E-state index in [2.05, 4.69) is 24.5 Å². The number of likely N-dealkylation sites (tertiary alicyclic amines) is 1. The van der Waals surface area contributed by atoms with Gasteiger partial charge in [-0.1, -0.05) is 13.3 Å². The summed E-state index contributed by atoms with van der Waals surface area (Å²) in [4.78, 5) is 2.55. The Morgan fingerprint density at radius 2 is 2.33 bits per heavy atom. The lowest BCUT2D eigenvalue weighted by atomic mass is 10.0. The van der Waals surface area contributed by atoms with Crippen molar-refractivity contribution in [2.24, 2.45) is 11.8 Å². The summed E-state index contributed by atoms with van der Waals surface area (Å²) in [6, 6.07) is 0. The highest BCUT2D eigenvalue weighted by Gasteiger charge is 2.23. The largest absolute Gasteiger partial charge is 0.396 e. The van der Waals surface area contributed by atoms with Crippen LogP contribution >= 0.6 is 12.6 Å². The molecule has 1 fully saturated rings. The highest BCUT2D eigenvalue weighted by Crippen LogP contribution is 2.21. The maximum absolute atomic E-state index is 8.89. The molecule has 0 amide bonds. The summed E-state index contributed by atoms with van der Waals surface area (Å²) in [6.07, 6.45) is 4.81. The average molecular weight is 231 g/mol. The Morgan fingerprint density at radius 1 is 1.53 bits per heavy atom. The Bertz CT molecular complexity index is 166. The molecule has 0 aromatic heterocycles. The Hall–Kier alpha value is 0.270. The van der Waals surface area contributed by atoms with Crippen molar-refractivity contribution >= 4 is 12.6 Å². The summed E-state index contributed by atoms with van der Waals surface area (Å²) in [5, 5.41) is 8.89. The van der Waals surface area contributed by atoms with Crippen molar-refractivity contribution in [1.82, 2.24) is 4.90 Å². The molecule has 1 aliphatic rings. The van der Waals surface area contributed by atoms with Gasteiger partial charge in [0.25, 0.3) is 0 Å². The number of nitrogens with zero attached hydrogens (tertiary/aromatic N) is 1. The van der Waals surface area contributed by atoms with Gasteiger partial charge in [0.15, 0.2) is 0 Å². The summed E-state index contributed by atoms with van der Waals surface area (Å²) in [6.45, 7) is 6.21. The van der Waals surface area contributed by atoms with Crippen LogP contribution in [0.25, 0.3) is 0 Å². The van der Waals surface area contributed by atoms with Crippen molar-refractivity contribution in [3.05, 3.63) is 0 Å². The second-order valence-electron chi connectivity index (χ2n) is 4.76. The molecule has 90 valence electrons. The molecule has 1 aliphatic heterocycles. The predicted octanol–water partition coefficient (Wildman–Crippen LogP) is 2.04. The second-order valence-corrected chi connectivity index (χ2v) is 5.13. The van der Waals surface area contributed by atoms with Crippen LogP contribution < -0.4 is 0 Å². The van der Waals surface area contributed by atoms with Crippen LogP contribution in [0.15, 0.2) is 0 Å². The summed E-state index contributed by atoms with van der Waals surface area (Å²) < 4.78 is 0. The maximum atomic E-state index is 8.89. The van der Waals surface area contributed by atoms with Gasteiger partial charge < -0.3 is 10.0 Å². The molecular formula is C12H25NOS. The summed E-state index contributed by atoms with van der Waals surface area (Å²) >= 11 is 4.42. The first-order valence-corrected chi connectivity index (χ1v) is 6.87. The molecule has 0 aromatic rings. The van der Waals surface area contributed by atoms with Gasteiger partial charge in [-0.25, -0.2) is 0 Å². The molecule has 1 saturated heterocycles. The van der Waals surface area contributed by atoms with E-state index in [9.17, 15) is 0 Å². The van der Waals surface area contributed by atoms with E-state index in [0.29, 0.717) is 6.61 Å². The van der Waals surface area contributed by atoms with Gasteiger partial charge in [0.05, 0.1) is 0 Å². The van der Waals surface area contributed by atoms with Crippen LogP contribution in [0.5, 0.6) is 0 Å². The fourth-order valence-corrected chi connectivity index (χ4v) is 2.81. The molecule has 1 N–H and O–H groups in total. The van der Waals surface area contributed by atoms with Crippen LogP contribution in [0.3, 0.4) is 0 Å². The standard InChI is InChI=1S/C12H25NOS/c1-2-3-12(10-15)9-13-6-4-11(8-13)5-7-14/h11-12,14-15H,2-10H2,1H3. The van der Waals surface area contributed by atoms with Crippen LogP contribution in [-0.4, -0.2) is 42.0 Å². The van der Waals surface area contributed by atoms with Crippen LogP contribution in [0.1, 0.15) is 32.6 Å². The number of aliphatic hydroxyl groups is 1. The molecule has 2 nitrogen and oxygen atoms in total. The quantitative estimate of drug-likeness (QED) is 0.655. The van der Waals surface area contributed by atoms with E-state index in [1.165, 1.54) is 38.9 Å². The van der Waals surface area contributed by atoms with Crippen molar-refractivity contribution in [3.8, 4) is 0 Å². The van der Waals surface area contributed by atoms with E-state index in [0.717, 1.165) is 24.0 Å². The Labute approximate surface area is 99.5 Å². The fraction of sp³-hybridized carbons (Fsp3) is 1.00. The van der Waals surface area contributed by atoms with Crippen molar-refractivity contribution < 1.29 is 5.11 Å². The number of rotatable bonds is 7. The van der Waals surface area contributed by atoms with Gasteiger partial charge in [-0.05, 0) is 43.4 Å². The second kappa shape index (κ2) is 7.53. The summed E-state index contributed by atoms with van der Waals surface area (Å²) in [5.41, 5.74) is 0. The molecule has 0 aromatic carbocycles. The van der Waals surface area contributed by atoms with Gasteiger partial charge >= 0.3 is 0 Å². The van der Waals surface area contributed by atoms with Crippen LogP contribution in [0, 0.1) is 11.8 Å². The Morgan fingerprint density at radius 3 is 2.93 bits per heavy atom. The lowest BCUT2D eigenvalue weighted by molar-refractivity contribution is 0.240. The van der Waals surface area contributed by atoms with Gasteiger partial charge in [0, 0.05) is 19.7 Å². The van der Waals surface area contributed by atoms with Crippen molar-refractivity contribution in [2.75, 3.05) is 32.0 Å². The summed E-state index contributed by atoms with van der Waals surface area (Å²) in [7, 11) is 0. The predicted molar refractivity (Wildman–Crippen MR) is 68.5 cm³/mol. The minimum Gasteiger partial charge on any atom is -0.396 e. The van der Waals surface area contributed by atoms with Crippen LogP contribution in [0.4, 0.5) is 0 Å². The van der Waals surface area contributed by atoms with E-state index in [1.54, 1.807) is 0 Å². The lowest BCUT2D eigenvalue weighted by Gasteiger charge is -2.22. The molecule has 0 radical (unpaired) electrons. The molecule has 1 rings (SSSR count). The van der Waals surface area contributed by atoms with Gasteiger partial charge in [-0.2, -0.15) is 12.6 Å². The van der Waals surface area contributed by atoms with E-state index in [4.69, 9.17) is 5.11 Å². The third kappa shape index (κ3) is 4.75. The molecule has 2 unspecified atom stereocenters. The first kappa shape index (κ1) is 13.3. The minimum atomic E-state index is 0.351. The smallest absolute Gasteiger partial charge is 0.0434 e. The number of hydrogen-bond acceptors (Lipinski definition) is 3. The van der Waals surface area contributed by atoms with Crippen molar-refractivity contribution in [2.45, 2.75) is 32.6 Å². The SMILES string of the molecule is CCCC(CS)CN1CCC(CCO)C1. The molecule has 1 heterocycles. The zero-order valence-electron chi connectivity index (χ0n) is 9.86. The molecule has 0 bridgehead atoms. The first-order chi connectivity index (χ1) is 7.30. The van der Waals surface area contributed by atoms with Crippen LogP contribution in [0.2, 0.25) is 0 Å². The van der Waals surface area contributed by atoms with E-state index in [1.807, 2.05) is 0 Å². The third-order valence-electron chi connectivity index (χ3n) is 3.38. The normalized spacial score (nSPS) is 24.6. The van der Waals surface area contributed by atoms with Crippen molar-refractivity contribution in [3.63, 3.8) is 0 Å². The zero-order valence-corrected chi connectivity index (χ0v) is 10.8.